The van der Waals surface area contributed by atoms with Crippen molar-refractivity contribution >= 4 is 34.8 Å². The Balaban J connectivity index is 1.76. The lowest BCUT2D eigenvalue weighted by Gasteiger charge is -2.37. The maximum absolute atomic E-state index is 13.3. The molecule has 1 atom stereocenters. The Morgan fingerprint density at radius 3 is 2.67 bits per heavy atom. The predicted octanol–water partition coefficient (Wildman–Crippen LogP) is 4.80. The number of amides is 2. The van der Waals surface area contributed by atoms with Crippen molar-refractivity contribution in [3.63, 3.8) is 0 Å². The molecule has 0 N–H and O–H groups in total. The smallest absolute Gasteiger partial charge is 0.242 e. The third kappa shape index (κ3) is 5.55. The molecule has 2 aromatic rings. The number of rotatable bonds is 8. The first-order valence-electron chi connectivity index (χ1n) is 10.4. The summed E-state index contributed by atoms with van der Waals surface area (Å²) in [5, 5.41) is 2.72. The summed E-state index contributed by atoms with van der Waals surface area (Å²) in [5.41, 5.74) is 1.14. The Bertz CT molecular complexity index is 866. The van der Waals surface area contributed by atoms with Gasteiger partial charge < -0.3 is 14.5 Å². The zero-order chi connectivity index (χ0) is 21.7. The number of benzene rings is 1. The summed E-state index contributed by atoms with van der Waals surface area (Å²) in [4.78, 5) is 30.5. The van der Waals surface area contributed by atoms with Crippen molar-refractivity contribution in [2.45, 2.75) is 39.7 Å². The average molecular weight is 449 g/mol. The van der Waals surface area contributed by atoms with E-state index in [1.165, 1.54) is 4.88 Å². The highest BCUT2D eigenvalue weighted by Gasteiger charge is 2.33. The van der Waals surface area contributed by atoms with E-state index in [-0.39, 0.29) is 24.4 Å². The Hall–Kier alpha value is -2.05. The molecule has 2 heterocycles. The van der Waals surface area contributed by atoms with Crippen LogP contribution in [0.25, 0.3) is 0 Å². The molecular weight excluding hydrogens is 420 g/mol. The van der Waals surface area contributed by atoms with E-state index in [1.54, 1.807) is 28.4 Å². The predicted molar refractivity (Wildman–Crippen MR) is 121 cm³/mol. The molecule has 5 nitrogen and oxygen atoms in total. The molecule has 0 spiro atoms. The van der Waals surface area contributed by atoms with Gasteiger partial charge >= 0.3 is 0 Å². The minimum absolute atomic E-state index is 0.0132. The van der Waals surface area contributed by atoms with Gasteiger partial charge in [-0.2, -0.15) is 0 Å². The molecule has 7 heteroatoms. The monoisotopic (exact) mass is 448 g/mol. The Kier molecular flexibility index (Phi) is 7.78. The van der Waals surface area contributed by atoms with Gasteiger partial charge in [0.2, 0.25) is 11.8 Å². The fourth-order valence-electron chi connectivity index (χ4n) is 3.75. The first kappa shape index (κ1) is 22.6. The second-order valence-electron chi connectivity index (χ2n) is 7.94. The highest BCUT2D eigenvalue weighted by atomic mass is 35.5. The van der Waals surface area contributed by atoms with Crippen molar-refractivity contribution < 1.29 is 14.3 Å². The van der Waals surface area contributed by atoms with Crippen molar-refractivity contribution in [3.8, 4) is 5.75 Å². The molecule has 0 radical (unpaired) electrons. The summed E-state index contributed by atoms with van der Waals surface area (Å²) in [5.74, 6) is 1.01. The van der Waals surface area contributed by atoms with Gasteiger partial charge in [0.05, 0.1) is 12.6 Å². The lowest BCUT2D eigenvalue weighted by molar-refractivity contribution is -0.143. The van der Waals surface area contributed by atoms with E-state index in [1.807, 2.05) is 24.0 Å². The van der Waals surface area contributed by atoms with Gasteiger partial charge in [0.15, 0.2) is 0 Å². The molecule has 1 aromatic carbocycles. The topological polar surface area (TPSA) is 49.9 Å². The highest BCUT2D eigenvalue weighted by Crippen LogP contribution is 2.34. The van der Waals surface area contributed by atoms with Crippen LogP contribution in [0.2, 0.25) is 5.02 Å². The van der Waals surface area contributed by atoms with Crippen LogP contribution in [-0.4, -0.2) is 47.9 Å². The Labute approximate surface area is 187 Å². The summed E-state index contributed by atoms with van der Waals surface area (Å²) in [6.07, 6.45) is 1.24. The maximum atomic E-state index is 13.3. The second-order valence-corrected chi connectivity index (χ2v) is 9.38. The lowest BCUT2D eigenvalue weighted by Crippen LogP contribution is -2.48. The number of carbonyl (C=O) groups is 2. The van der Waals surface area contributed by atoms with Crippen molar-refractivity contribution in [2.75, 3.05) is 26.2 Å². The van der Waals surface area contributed by atoms with Gasteiger partial charge in [-0.3, -0.25) is 9.59 Å². The zero-order valence-corrected chi connectivity index (χ0v) is 19.3. The van der Waals surface area contributed by atoms with E-state index >= 15 is 0 Å². The normalized spacial score (nSPS) is 15.8. The molecule has 1 aliphatic rings. The number of hydrogen-bond acceptors (Lipinski definition) is 4. The number of halogens is 1. The largest absolute Gasteiger partial charge is 0.491 e. The standard InChI is InChI=1S/C23H29ClN2O3S/c1-4-22(27)25(13-16(2)3)14-23(28)26-11-9-21-19(10-12-30-21)20(26)15-29-18-7-5-17(24)6-8-18/h5-8,10,12,16,20H,4,9,11,13-15H2,1-3H3. The molecule has 1 aromatic heterocycles. The van der Waals surface area contributed by atoms with E-state index in [0.717, 1.165) is 17.7 Å². The maximum Gasteiger partial charge on any atom is 0.242 e. The summed E-state index contributed by atoms with van der Waals surface area (Å²) < 4.78 is 6.02. The van der Waals surface area contributed by atoms with E-state index in [9.17, 15) is 9.59 Å². The van der Waals surface area contributed by atoms with Gasteiger partial charge in [0.25, 0.3) is 0 Å². The molecule has 2 amide bonds. The molecule has 162 valence electrons. The van der Waals surface area contributed by atoms with Crippen LogP contribution in [0.3, 0.4) is 0 Å². The van der Waals surface area contributed by atoms with Crippen molar-refractivity contribution in [3.05, 3.63) is 51.2 Å². The van der Waals surface area contributed by atoms with Gasteiger partial charge in [-0.05, 0) is 53.6 Å². The number of carbonyl (C=O) groups excluding carboxylic acids is 2. The lowest BCUT2D eigenvalue weighted by atomic mass is 10.0. The molecule has 1 aliphatic heterocycles. The minimum Gasteiger partial charge on any atom is -0.491 e. The van der Waals surface area contributed by atoms with E-state index in [2.05, 4.69) is 25.3 Å². The van der Waals surface area contributed by atoms with Gasteiger partial charge in [0, 0.05) is 29.4 Å². The highest BCUT2D eigenvalue weighted by molar-refractivity contribution is 7.10. The fraction of sp³-hybridized carbons (Fsp3) is 0.478. The third-order valence-corrected chi connectivity index (χ3v) is 6.45. The number of hydrogen-bond donors (Lipinski definition) is 0. The van der Waals surface area contributed by atoms with Gasteiger partial charge in [-0.1, -0.05) is 32.4 Å². The van der Waals surface area contributed by atoms with Crippen LogP contribution in [-0.2, 0) is 16.0 Å². The van der Waals surface area contributed by atoms with E-state index < -0.39 is 0 Å². The van der Waals surface area contributed by atoms with Crippen LogP contribution in [0.4, 0.5) is 0 Å². The first-order valence-corrected chi connectivity index (χ1v) is 11.7. The zero-order valence-electron chi connectivity index (χ0n) is 17.8. The van der Waals surface area contributed by atoms with Crippen molar-refractivity contribution in [2.24, 2.45) is 5.92 Å². The average Bonchev–Trinajstić information content (AvgIpc) is 3.20. The Morgan fingerprint density at radius 1 is 1.27 bits per heavy atom. The van der Waals surface area contributed by atoms with Gasteiger partial charge in [-0.25, -0.2) is 0 Å². The molecule has 0 saturated carbocycles. The summed E-state index contributed by atoms with van der Waals surface area (Å²) in [6.45, 7) is 7.65. The molecule has 3 rings (SSSR count). The van der Waals surface area contributed by atoms with Crippen LogP contribution in [0.1, 0.15) is 43.7 Å². The van der Waals surface area contributed by atoms with Crippen LogP contribution >= 0.6 is 22.9 Å². The van der Waals surface area contributed by atoms with E-state index in [4.69, 9.17) is 16.3 Å². The van der Waals surface area contributed by atoms with Crippen LogP contribution < -0.4 is 4.74 Å². The van der Waals surface area contributed by atoms with Gasteiger partial charge in [0.1, 0.15) is 12.4 Å². The Morgan fingerprint density at radius 2 is 2.00 bits per heavy atom. The molecule has 1 unspecified atom stereocenters. The molecular formula is C23H29ClN2O3S. The summed E-state index contributed by atoms with van der Waals surface area (Å²) in [6, 6.07) is 9.15. The molecule has 0 saturated heterocycles. The molecule has 30 heavy (non-hydrogen) atoms. The molecule has 0 aliphatic carbocycles. The van der Waals surface area contributed by atoms with Crippen LogP contribution in [0, 0.1) is 5.92 Å². The fourth-order valence-corrected chi connectivity index (χ4v) is 4.81. The number of fused-ring (bicyclic) bond motifs is 1. The SMILES string of the molecule is CCC(=O)N(CC(=O)N1CCc2sccc2C1COc1ccc(Cl)cc1)CC(C)C. The van der Waals surface area contributed by atoms with Crippen molar-refractivity contribution in [1.29, 1.82) is 0 Å². The summed E-state index contributed by atoms with van der Waals surface area (Å²) in [7, 11) is 0. The van der Waals surface area contributed by atoms with Crippen LogP contribution in [0.15, 0.2) is 35.7 Å². The minimum atomic E-state index is -0.166. The van der Waals surface area contributed by atoms with Gasteiger partial charge in [-0.15, -0.1) is 11.3 Å². The number of thiophene rings is 1. The quantitative estimate of drug-likeness (QED) is 0.582. The molecule has 0 fully saturated rings. The third-order valence-electron chi connectivity index (χ3n) is 5.20. The second kappa shape index (κ2) is 10.3. The summed E-state index contributed by atoms with van der Waals surface area (Å²) >= 11 is 7.68. The van der Waals surface area contributed by atoms with Crippen molar-refractivity contribution in [1.82, 2.24) is 9.80 Å². The molecule has 0 bridgehead atoms. The van der Waals surface area contributed by atoms with Crippen LogP contribution in [0.5, 0.6) is 5.75 Å². The first-order chi connectivity index (χ1) is 14.4. The number of nitrogens with zero attached hydrogens (tertiary/aromatic N) is 2. The number of ether oxygens (including phenoxy) is 1. The van der Waals surface area contributed by atoms with E-state index in [0.29, 0.717) is 37.1 Å².